The number of anilines is 2. The Morgan fingerprint density at radius 2 is 1.74 bits per heavy atom. The van der Waals surface area contributed by atoms with Gasteiger partial charge in [-0.05, 0) is 48.9 Å². The molecule has 9 heteroatoms. The molecule has 1 aliphatic rings. The molecule has 35 heavy (non-hydrogen) atoms. The molecule has 0 bridgehead atoms. The van der Waals surface area contributed by atoms with Crippen LogP contribution in [-0.4, -0.2) is 30.4 Å². The molecule has 2 N–H and O–H groups in total. The van der Waals surface area contributed by atoms with Gasteiger partial charge in [-0.25, -0.2) is 9.69 Å². The highest BCUT2D eigenvalue weighted by atomic mass is 35.5. The maximum absolute atomic E-state index is 13.2. The monoisotopic (exact) mass is 489 g/mol. The highest BCUT2D eigenvalue weighted by molar-refractivity contribution is 6.39. The quantitative estimate of drug-likeness (QED) is 0.396. The summed E-state index contributed by atoms with van der Waals surface area (Å²) in [5.74, 6) is -1.74. The van der Waals surface area contributed by atoms with Gasteiger partial charge in [0.25, 0.3) is 17.7 Å². The largest absolute Gasteiger partial charge is 0.483 e. The summed E-state index contributed by atoms with van der Waals surface area (Å²) < 4.78 is 5.65. The molecule has 0 aliphatic carbocycles. The van der Waals surface area contributed by atoms with E-state index in [0.29, 0.717) is 21.8 Å². The number of aryl methyl sites for hydroxylation is 1. The first-order valence-electron chi connectivity index (χ1n) is 10.6. The number of hydrogen-bond acceptors (Lipinski definition) is 5. The van der Waals surface area contributed by atoms with Crippen LogP contribution in [0.15, 0.2) is 78.4 Å². The SMILES string of the molecule is Cc1ccc(Cl)cc1N1C(=O)NC(=O)/C(=C\c2ccccc2OCC(=O)Nc2ccccc2)C1=O. The Labute approximate surface area is 206 Å². The minimum Gasteiger partial charge on any atom is -0.483 e. The van der Waals surface area contributed by atoms with Crippen LogP contribution in [0, 0.1) is 6.92 Å². The van der Waals surface area contributed by atoms with E-state index in [1.54, 1.807) is 67.6 Å². The van der Waals surface area contributed by atoms with E-state index in [4.69, 9.17) is 16.3 Å². The van der Waals surface area contributed by atoms with E-state index in [2.05, 4.69) is 10.6 Å². The van der Waals surface area contributed by atoms with E-state index in [-0.39, 0.29) is 29.5 Å². The third kappa shape index (κ3) is 5.39. The van der Waals surface area contributed by atoms with Gasteiger partial charge in [0, 0.05) is 16.3 Å². The Morgan fingerprint density at radius 1 is 1.03 bits per heavy atom. The van der Waals surface area contributed by atoms with Crippen LogP contribution in [0.25, 0.3) is 6.08 Å². The van der Waals surface area contributed by atoms with Crippen LogP contribution in [0.3, 0.4) is 0 Å². The van der Waals surface area contributed by atoms with Crippen molar-refractivity contribution < 1.29 is 23.9 Å². The smallest absolute Gasteiger partial charge is 0.335 e. The molecule has 0 saturated carbocycles. The van der Waals surface area contributed by atoms with Crippen molar-refractivity contribution in [3.63, 3.8) is 0 Å². The van der Waals surface area contributed by atoms with Gasteiger partial charge in [0.2, 0.25) is 0 Å². The fourth-order valence-corrected chi connectivity index (χ4v) is 3.61. The number of para-hydroxylation sites is 2. The van der Waals surface area contributed by atoms with Crippen LogP contribution in [0.5, 0.6) is 5.75 Å². The molecule has 3 aromatic carbocycles. The van der Waals surface area contributed by atoms with Crippen molar-refractivity contribution in [3.8, 4) is 5.75 Å². The van der Waals surface area contributed by atoms with Gasteiger partial charge in [0.05, 0.1) is 5.69 Å². The Balaban J connectivity index is 1.58. The molecule has 0 spiro atoms. The molecule has 0 radical (unpaired) electrons. The van der Waals surface area contributed by atoms with E-state index in [9.17, 15) is 19.2 Å². The second kappa shape index (κ2) is 10.2. The van der Waals surface area contributed by atoms with Crippen LogP contribution >= 0.6 is 11.6 Å². The number of hydrogen-bond donors (Lipinski definition) is 2. The van der Waals surface area contributed by atoms with Crippen LogP contribution in [0.4, 0.5) is 16.2 Å². The number of nitrogens with one attached hydrogen (secondary N) is 2. The highest BCUT2D eigenvalue weighted by Crippen LogP contribution is 2.29. The van der Waals surface area contributed by atoms with Crippen LogP contribution < -0.4 is 20.3 Å². The molecule has 1 aliphatic heterocycles. The van der Waals surface area contributed by atoms with E-state index in [1.807, 2.05) is 6.07 Å². The standard InChI is InChI=1S/C26H20ClN3O5/c1-16-11-12-18(27)14-21(16)30-25(33)20(24(32)29-26(30)34)13-17-7-5-6-10-22(17)35-15-23(31)28-19-8-3-2-4-9-19/h2-14H,15H2,1H3,(H,28,31)(H,29,32,34)/b20-13+. The van der Waals surface area contributed by atoms with Gasteiger partial charge in [-0.2, -0.15) is 0 Å². The molecule has 4 rings (SSSR count). The zero-order valence-electron chi connectivity index (χ0n) is 18.6. The first-order chi connectivity index (χ1) is 16.8. The second-order valence-corrected chi connectivity index (χ2v) is 8.07. The van der Waals surface area contributed by atoms with Gasteiger partial charge in [0.15, 0.2) is 6.61 Å². The summed E-state index contributed by atoms with van der Waals surface area (Å²) in [5.41, 5.74) is 1.63. The Hall–Kier alpha value is -4.43. The van der Waals surface area contributed by atoms with Gasteiger partial charge >= 0.3 is 6.03 Å². The topological polar surface area (TPSA) is 105 Å². The Morgan fingerprint density at radius 3 is 2.51 bits per heavy atom. The van der Waals surface area contributed by atoms with E-state index < -0.39 is 17.8 Å². The summed E-state index contributed by atoms with van der Waals surface area (Å²) in [6.07, 6.45) is 1.32. The number of nitrogens with zero attached hydrogens (tertiary/aromatic N) is 1. The van der Waals surface area contributed by atoms with Gasteiger partial charge < -0.3 is 10.1 Å². The number of amides is 5. The average Bonchev–Trinajstić information content (AvgIpc) is 2.83. The predicted molar refractivity (Wildman–Crippen MR) is 132 cm³/mol. The lowest BCUT2D eigenvalue weighted by molar-refractivity contribution is -0.122. The molecule has 1 fully saturated rings. The van der Waals surface area contributed by atoms with Gasteiger partial charge in [-0.15, -0.1) is 0 Å². The van der Waals surface area contributed by atoms with Gasteiger partial charge in [-0.3, -0.25) is 19.7 Å². The molecule has 1 saturated heterocycles. The maximum Gasteiger partial charge on any atom is 0.335 e. The number of urea groups is 1. The lowest BCUT2D eigenvalue weighted by Gasteiger charge is -2.27. The first kappa shape index (κ1) is 23.7. The number of carbonyl (C=O) groups excluding carboxylic acids is 4. The number of halogens is 1. The summed E-state index contributed by atoms with van der Waals surface area (Å²) in [6.45, 7) is 1.43. The molecule has 0 atom stereocenters. The van der Waals surface area contributed by atoms with E-state index in [0.717, 1.165) is 4.90 Å². The van der Waals surface area contributed by atoms with Gasteiger partial charge in [-0.1, -0.05) is 54.1 Å². The van der Waals surface area contributed by atoms with E-state index in [1.165, 1.54) is 12.1 Å². The Bertz CT molecular complexity index is 1350. The average molecular weight is 490 g/mol. The van der Waals surface area contributed by atoms with Gasteiger partial charge in [0.1, 0.15) is 11.3 Å². The number of ether oxygens (including phenoxy) is 1. The number of imide groups is 2. The summed E-state index contributed by atoms with van der Waals surface area (Å²) in [5, 5.41) is 5.23. The molecular weight excluding hydrogens is 470 g/mol. The second-order valence-electron chi connectivity index (χ2n) is 7.63. The third-order valence-electron chi connectivity index (χ3n) is 5.15. The van der Waals surface area contributed by atoms with Crippen molar-refractivity contribution in [2.45, 2.75) is 6.92 Å². The molecule has 1 heterocycles. The van der Waals surface area contributed by atoms with Crippen molar-refractivity contribution in [2.24, 2.45) is 0 Å². The summed E-state index contributed by atoms with van der Waals surface area (Å²) in [7, 11) is 0. The van der Waals surface area contributed by atoms with Crippen LogP contribution in [0.1, 0.15) is 11.1 Å². The number of benzene rings is 3. The van der Waals surface area contributed by atoms with Crippen molar-refractivity contribution >= 4 is 52.8 Å². The minimum absolute atomic E-state index is 0.264. The lowest BCUT2D eigenvalue weighted by Crippen LogP contribution is -2.54. The molecule has 5 amide bonds. The van der Waals surface area contributed by atoms with Crippen LogP contribution in [0.2, 0.25) is 5.02 Å². The van der Waals surface area contributed by atoms with Crippen LogP contribution in [-0.2, 0) is 14.4 Å². The zero-order chi connectivity index (χ0) is 24.9. The first-order valence-corrected chi connectivity index (χ1v) is 11.0. The number of barbiturate groups is 1. The zero-order valence-corrected chi connectivity index (χ0v) is 19.3. The lowest BCUT2D eigenvalue weighted by atomic mass is 10.1. The molecule has 0 unspecified atom stereocenters. The maximum atomic E-state index is 13.2. The predicted octanol–water partition coefficient (Wildman–Crippen LogP) is 4.33. The molecular formula is C26H20ClN3O5. The summed E-state index contributed by atoms with van der Waals surface area (Å²) in [4.78, 5) is 51.4. The minimum atomic E-state index is -0.871. The van der Waals surface area contributed by atoms with Crippen molar-refractivity contribution in [3.05, 3.63) is 94.5 Å². The fraction of sp³-hybridized carbons (Fsp3) is 0.0769. The fourth-order valence-electron chi connectivity index (χ4n) is 3.45. The third-order valence-corrected chi connectivity index (χ3v) is 5.38. The molecule has 8 nitrogen and oxygen atoms in total. The highest BCUT2D eigenvalue weighted by Gasteiger charge is 2.37. The van der Waals surface area contributed by atoms with Crippen molar-refractivity contribution in [2.75, 3.05) is 16.8 Å². The molecule has 0 aromatic heterocycles. The Kier molecular flexibility index (Phi) is 6.93. The molecule has 3 aromatic rings. The molecule has 176 valence electrons. The van der Waals surface area contributed by atoms with Crippen molar-refractivity contribution in [1.29, 1.82) is 0 Å². The van der Waals surface area contributed by atoms with Crippen molar-refractivity contribution in [1.82, 2.24) is 5.32 Å². The summed E-state index contributed by atoms with van der Waals surface area (Å²) >= 11 is 6.06. The number of carbonyl (C=O) groups is 4. The summed E-state index contributed by atoms with van der Waals surface area (Å²) in [6, 6.07) is 19.5. The van der Waals surface area contributed by atoms with E-state index >= 15 is 0 Å². The number of rotatable bonds is 6. The normalized spacial score (nSPS) is 14.6.